The molecule has 1 aromatic carbocycles. The van der Waals surface area contributed by atoms with Gasteiger partial charge < -0.3 is 24.1 Å². The fraction of sp³-hybridized carbons (Fsp3) is 0.400. The molecule has 2 amide bonds. The Morgan fingerprint density at radius 1 is 1.21 bits per heavy atom. The molecule has 1 fully saturated rings. The van der Waals surface area contributed by atoms with E-state index in [2.05, 4.69) is 5.32 Å². The largest absolute Gasteiger partial charge is 0.486 e. The molecule has 0 unspecified atom stereocenters. The van der Waals surface area contributed by atoms with Crippen molar-refractivity contribution in [1.29, 1.82) is 0 Å². The first kappa shape index (κ1) is 18.7. The van der Waals surface area contributed by atoms with Crippen molar-refractivity contribution in [1.82, 2.24) is 5.32 Å². The van der Waals surface area contributed by atoms with Gasteiger partial charge in [-0.1, -0.05) is 0 Å². The molecular weight excluding hydrogens is 380 g/mol. The maximum Gasteiger partial charge on any atom is 0.227 e. The second-order valence-electron chi connectivity index (χ2n) is 6.66. The number of thioether (sulfide) groups is 1. The van der Waals surface area contributed by atoms with E-state index in [1.807, 2.05) is 18.2 Å². The summed E-state index contributed by atoms with van der Waals surface area (Å²) in [5.41, 5.74) is 0.735. The van der Waals surface area contributed by atoms with E-state index in [4.69, 9.17) is 13.9 Å². The van der Waals surface area contributed by atoms with Crippen LogP contribution in [0.4, 0.5) is 5.69 Å². The molecular formula is C20H22N2O5S. The van der Waals surface area contributed by atoms with E-state index in [-0.39, 0.29) is 24.2 Å². The predicted octanol–water partition coefficient (Wildman–Crippen LogP) is 2.45. The van der Waals surface area contributed by atoms with Crippen LogP contribution < -0.4 is 19.7 Å². The van der Waals surface area contributed by atoms with Crippen molar-refractivity contribution in [2.75, 3.05) is 37.0 Å². The summed E-state index contributed by atoms with van der Waals surface area (Å²) in [5, 5.41) is 2.93. The van der Waals surface area contributed by atoms with Crippen molar-refractivity contribution in [3.05, 3.63) is 42.4 Å². The number of furan rings is 1. The highest BCUT2D eigenvalue weighted by Gasteiger charge is 2.35. The van der Waals surface area contributed by atoms with Crippen molar-refractivity contribution in [2.24, 2.45) is 5.92 Å². The van der Waals surface area contributed by atoms with Gasteiger partial charge in [0, 0.05) is 37.0 Å². The van der Waals surface area contributed by atoms with Crippen LogP contribution in [0.1, 0.15) is 12.2 Å². The standard InChI is InChI=1S/C20H22N2O5S/c23-19-10-14(20(24)21-5-9-28-13-16-2-1-6-25-16)12-22(19)15-3-4-17-18(11-15)27-8-7-26-17/h1-4,6,11,14H,5,7-10,12-13H2,(H,21,24)/t14-/m1/s1. The van der Waals surface area contributed by atoms with E-state index in [1.54, 1.807) is 35.1 Å². The monoisotopic (exact) mass is 402 g/mol. The number of amides is 2. The lowest BCUT2D eigenvalue weighted by molar-refractivity contribution is -0.126. The third-order valence-corrected chi connectivity index (χ3v) is 5.68. The first-order valence-electron chi connectivity index (χ1n) is 9.28. The third-order valence-electron chi connectivity index (χ3n) is 4.70. The van der Waals surface area contributed by atoms with Crippen LogP contribution in [0.5, 0.6) is 11.5 Å². The molecule has 0 spiro atoms. The van der Waals surface area contributed by atoms with Crippen LogP contribution in [0.3, 0.4) is 0 Å². The minimum atomic E-state index is -0.337. The minimum absolute atomic E-state index is 0.0518. The minimum Gasteiger partial charge on any atom is -0.486 e. The fourth-order valence-electron chi connectivity index (χ4n) is 3.29. The number of hydrogen-bond acceptors (Lipinski definition) is 6. The molecule has 28 heavy (non-hydrogen) atoms. The summed E-state index contributed by atoms with van der Waals surface area (Å²) in [4.78, 5) is 26.5. The highest BCUT2D eigenvalue weighted by Crippen LogP contribution is 2.35. The van der Waals surface area contributed by atoms with Gasteiger partial charge in [-0.15, -0.1) is 0 Å². The average molecular weight is 402 g/mol. The first-order chi connectivity index (χ1) is 13.7. The summed E-state index contributed by atoms with van der Waals surface area (Å²) < 4.78 is 16.4. The number of ether oxygens (including phenoxy) is 2. The van der Waals surface area contributed by atoms with Crippen molar-refractivity contribution < 1.29 is 23.5 Å². The van der Waals surface area contributed by atoms with Crippen LogP contribution in [-0.2, 0) is 15.3 Å². The molecule has 0 saturated carbocycles. The Kier molecular flexibility index (Phi) is 5.76. The lowest BCUT2D eigenvalue weighted by atomic mass is 10.1. The summed E-state index contributed by atoms with van der Waals surface area (Å²) in [6.45, 7) is 1.97. The SMILES string of the molecule is O=C(NCCSCc1ccco1)[C@@H]1CC(=O)N(c2ccc3c(c2)OCCO3)C1. The summed E-state index contributed by atoms with van der Waals surface area (Å²) in [6, 6.07) is 9.24. The zero-order chi connectivity index (χ0) is 19.3. The fourth-order valence-corrected chi connectivity index (χ4v) is 4.05. The molecule has 0 radical (unpaired) electrons. The Hall–Kier alpha value is -2.61. The summed E-state index contributed by atoms with van der Waals surface area (Å²) in [6.07, 6.45) is 1.88. The Morgan fingerprint density at radius 2 is 2.07 bits per heavy atom. The molecule has 2 aliphatic rings. The number of hydrogen-bond donors (Lipinski definition) is 1. The molecule has 4 rings (SSSR count). The number of nitrogens with one attached hydrogen (secondary N) is 1. The lowest BCUT2D eigenvalue weighted by Crippen LogP contribution is -2.34. The third kappa shape index (κ3) is 4.27. The van der Waals surface area contributed by atoms with Gasteiger partial charge in [0.05, 0.1) is 17.9 Å². The zero-order valence-corrected chi connectivity index (χ0v) is 16.2. The molecule has 148 valence electrons. The number of nitrogens with zero attached hydrogens (tertiary/aromatic N) is 1. The van der Waals surface area contributed by atoms with E-state index in [0.717, 1.165) is 23.0 Å². The van der Waals surface area contributed by atoms with Crippen molar-refractivity contribution in [2.45, 2.75) is 12.2 Å². The highest BCUT2D eigenvalue weighted by molar-refractivity contribution is 7.98. The molecule has 0 bridgehead atoms. The topological polar surface area (TPSA) is 81.0 Å². The molecule has 2 aliphatic heterocycles. The van der Waals surface area contributed by atoms with Crippen LogP contribution in [0.15, 0.2) is 41.0 Å². The highest BCUT2D eigenvalue weighted by atomic mass is 32.2. The predicted molar refractivity (Wildman–Crippen MR) is 106 cm³/mol. The van der Waals surface area contributed by atoms with Gasteiger partial charge in [-0.2, -0.15) is 11.8 Å². The lowest BCUT2D eigenvalue weighted by Gasteiger charge is -2.22. The van der Waals surface area contributed by atoms with Gasteiger partial charge in [0.1, 0.15) is 19.0 Å². The number of carbonyl (C=O) groups is 2. The molecule has 1 atom stereocenters. The van der Waals surface area contributed by atoms with Gasteiger partial charge >= 0.3 is 0 Å². The van der Waals surface area contributed by atoms with Crippen LogP contribution in [-0.4, -0.2) is 43.9 Å². The van der Waals surface area contributed by atoms with Crippen LogP contribution in [0.25, 0.3) is 0 Å². The van der Waals surface area contributed by atoms with Crippen LogP contribution >= 0.6 is 11.8 Å². The van der Waals surface area contributed by atoms with Gasteiger partial charge in [-0.05, 0) is 24.3 Å². The summed E-state index contributed by atoms with van der Waals surface area (Å²) in [5.74, 6) is 3.35. The van der Waals surface area contributed by atoms with E-state index < -0.39 is 0 Å². The van der Waals surface area contributed by atoms with Gasteiger partial charge in [0.25, 0.3) is 0 Å². The number of benzene rings is 1. The number of anilines is 1. The number of rotatable bonds is 7. The van der Waals surface area contributed by atoms with Gasteiger partial charge in [0.2, 0.25) is 11.8 Å². The molecule has 1 aromatic heterocycles. The smallest absolute Gasteiger partial charge is 0.227 e. The van der Waals surface area contributed by atoms with E-state index in [9.17, 15) is 9.59 Å². The van der Waals surface area contributed by atoms with Crippen molar-refractivity contribution in [3.8, 4) is 11.5 Å². The number of fused-ring (bicyclic) bond motifs is 1. The maximum absolute atomic E-state index is 12.4. The van der Waals surface area contributed by atoms with Gasteiger partial charge in [-0.3, -0.25) is 9.59 Å². The molecule has 2 aromatic rings. The van der Waals surface area contributed by atoms with Crippen LogP contribution in [0.2, 0.25) is 0 Å². The Labute approximate surface area is 167 Å². The second-order valence-corrected chi connectivity index (χ2v) is 7.76. The molecule has 7 nitrogen and oxygen atoms in total. The Morgan fingerprint density at radius 3 is 2.89 bits per heavy atom. The summed E-state index contributed by atoms with van der Waals surface area (Å²) in [7, 11) is 0. The van der Waals surface area contributed by atoms with E-state index in [1.165, 1.54) is 0 Å². The van der Waals surface area contributed by atoms with Crippen LogP contribution in [0, 0.1) is 5.92 Å². The second kappa shape index (κ2) is 8.60. The Bertz CT molecular complexity index is 839. The molecule has 1 N–H and O–H groups in total. The maximum atomic E-state index is 12.4. The molecule has 3 heterocycles. The zero-order valence-electron chi connectivity index (χ0n) is 15.4. The summed E-state index contributed by atoms with van der Waals surface area (Å²) >= 11 is 1.69. The molecule has 1 saturated heterocycles. The molecule has 8 heteroatoms. The normalized spacial score (nSPS) is 18.4. The first-order valence-corrected chi connectivity index (χ1v) is 10.4. The van der Waals surface area contributed by atoms with Crippen molar-refractivity contribution >= 4 is 29.3 Å². The van der Waals surface area contributed by atoms with Crippen molar-refractivity contribution in [3.63, 3.8) is 0 Å². The van der Waals surface area contributed by atoms with Gasteiger partial charge in [-0.25, -0.2) is 0 Å². The number of carbonyl (C=O) groups excluding carboxylic acids is 2. The Balaban J connectivity index is 1.26. The quantitative estimate of drug-likeness (QED) is 0.717. The molecule has 0 aliphatic carbocycles. The van der Waals surface area contributed by atoms with Gasteiger partial charge in [0.15, 0.2) is 11.5 Å². The van der Waals surface area contributed by atoms with E-state index in [0.29, 0.717) is 37.8 Å². The van der Waals surface area contributed by atoms with E-state index >= 15 is 0 Å². The average Bonchev–Trinajstić information content (AvgIpc) is 3.37.